The first-order valence-electron chi connectivity index (χ1n) is 5.95. The maximum atomic E-state index is 10.9. The Bertz CT molecular complexity index is 293. The lowest BCUT2D eigenvalue weighted by atomic mass is 9.98. The third-order valence-corrected chi connectivity index (χ3v) is 4.43. The van der Waals surface area contributed by atoms with Crippen LogP contribution in [0, 0.1) is 17.8 Å². The van der Waals surface area contributed by atoms with E-state index in [9.17, 15) is 8.42 Å². The molecule has 2 aliphatic carbocycles. The molecule has 2 aliphatic rings. The van der Waals surface area contributed by atoms with E-state index < -0.39 is 9.84 Å². The fraction of sp³-hybridized carbons (Fsp3) is 1.00. The molecule has 0 spiro atoms. The van der Waals surface area contributed by atoms with Gasteiger partial charge >= 0.3 is 0 Å². The van der Waals surface area contributed by atoms with E-state index in [2.05, 4.69) is 5.32 Å². The summed E-state index contributed by atoms with van der Waals surface area (Å²) in [7, 11) is -2.79. The van der Waals surface area contributed by atoms with Crippen LogP contribution in [-0.2, 0) is 9.84 Å². The van der Waals surface area contributed by atoms with Crippen LogP contribution in [0.3, 0.4) is 0 Å². The summed E-state index contributed by atoms with van der Waals surface area (Å²) in [5, 5.41) is 3.31. The molecule has 0 bridgehead atoms. The lowest BCUT2D eigenvalue weighted by molar-refractivity contribution is 0.383. The van der Waals surface area contributed by atoms with Gasteiger partial charge in [-0.3, -0.25) is 0 Å². The summed E-state index contributed by atoms with van der Waals surface area (Å²) in [5.41, 5.74) is 0. The molecular weight excluding hydrogens is 210 g/mol. The number of hydrogen-bond donors (Lipinski definition) is 1. The average molecular weight is 231 g/mol. The van der Waals surface area contributed by atoms with Crippen molar-refractivity contribution in [2.24, 2.45) is 17.8 Å². The molecule has 1 N–H and O–H groups in total. The average Bonchev–Trinajstić information content (AvgIpc) is 2.98. The summed E-state index contributed by atoms with van der Waals surface area (Å²) in [6, 6.07) is 0. The van der Waals surface area contributed by atoms with E-state index >= 15 is 0 Å². The minimum absolute atomic E-state index is 0.273. The van der Waals surface area contributed by atoms with Gasteiger partial charge in [-0.1, -0.05) is 0 Å². The van der Waals surface area contributed by atoms with Crippen molar-refractivity contribution in [3.63, 3.8) is 0 Å². The van der Waals surface area contributed by atoms with Crippen molar-refractivity contribution in [1.29, 1.82) is 0 Å². The van der Waals surface area contributed by atoms with E-state index in [1.54, 1.807) is 0 Å². The van der Waals surface area contributed by atoms with Crippen molar-refractivity contribution in [3.8, 4) is 0 Å². The van der Waals surface area contributed by atoms with E-state index in [4.69, 9.17) is 0 Å². The molecule has 15 heavy (non-hydrogen) atoms. The molecule has 0 aromatic heterocycles. The van der Waals surface area contributed by atoms with Gasteiger partial charge in [0.1, 0.15) is 9.84 Å². The van der Waals surface area contributed by atoms with Crippen LogP contribution in [-0.4, -0.2) is 33.5 Å². The van der Waals surface area contributed by atoms with Crippen molar-refractivity contribution in [3.05, 3.63) is 0 Å². The third kappa shape index (κ3) is 4.11. The zero-order valence-corrected chi connectivity index (χ0v) is 10.2. The molecule has 3 nitrogen and oxygen atoms in total. The van der Waals surface area contributed by atoms with Crippen LogP contribution < -0.4 is 5.32 Å². The largest absolute Gasteiger partial charge is 0.315 e. The Morgan fingerprint density at radius 1 is 1.20 bits per heavy atom. The van der Waals surface area contributed by atoms with Gasteiger partial charge in [0.2, 0.25) is 0 Å². The van der Waals surface area contributed by atoms with E-state index in [0.717, 1.165) is 24.3 Å². The Morgan fingerprint density at radius 3 is 2.13 bits per heavy atom. The second-order valence-electron chi connectivity index (χ2n) is 5.17. The van der Waals surface area contributed by atoms with Crippen molar-refractivity contribution >= 4 is 9.84 Å². The summed E-state index contributed by atoms with van der Waals surface area (Å²) < 4.78 is 21.9. The van der Waals surface area contributed by atoms with Gasteiger partial charge < -0.3 is 5.32 Å². The molecule has 2 fully saturated rings. The summed E-state index contributed by atoms with van der Waals surface area (Å²) in [5.74, 6) is 3.01. The Balaban J connectivity index is 1.63. The van der Waals surface area contributed by atoms with E-state index in [0.29, 0.717) is 6.54 Å². The van der Waals surface area contributed by atoms with Gasteiger partial charge in [0.15, 0.2) is 0 Å². The van der Waals surface area contributed by atoms with Gasteiger partial charge in [0, 0.05) is 12.8 Å². The van der Waals surface area contributed by atoms with Crippen LogP contribution in [0.15, 0.2) is 0 Å². The molecule has 4 heteroatoms. The molecule has 0 unspecified atom stereocenters. The molecule has 0 radical (unpaired) electrons. The molecule has 0 heterocycles. The maximum absolute atomic E-state index is 10.9. The van der Waals surface area contributed by atoms with Crippen LogP contribution in [0.1, 0.15) is 25.7 Å². The predicted octanol–water partition coefficient (Wildman–Crippen LogP) is 1.06. The molecule has 0 amide bonds. The van der Waals surface area contributed by atoms with Crippen molar-refractivity contribution in [1.82, 2.24) is 5.32 Å². The van der Waals surface area contributed by atoms with Crippen LogP contribution in [0.4, 0.5) is 0 Å². The first kappa shape index (κ1) is 11.4. The third-order valence-electron chi connectivity index (χ3n) is 3.48. The van der Waals surface area contributed by atoms with Gasteiger partial charge in [-0.15, -0.1) is 0 Å². The predicted molar refractivity (Wildman–Crippen MR) is 61.5 cm³/mol. The van der Waals surface area contributed by atoms with Gasteiger partial charge in [0.25, 0.3) is 0 Å². The Hall–Kier alpha value is -0.0900. The molecule has 0 aliphatic heterocycles. The Kier molecular flexibility index (Phi) is 3.36. The number of rotatable bonds is 7. The van der Waals surface area contributed by atoms with Gasteiger partial charge in [-0.25, -0.2) is 8.42 Å². The lowest BCUT2D eigenvalue weighted by Crippen LogP contribution is -2.29. The lowest BCUT2D eigenvalue weighted by Gasteiger charge is -2.15. The molecular formula is C11H21NO2S. The van der Waals surface area contributed by atoms with Crippen molar-refractivity contribution < 1.29 is 8.42 Å². The Labute approximate surface area is 92.6 Å². The normalized spacial score (nSPS) is 22.3. The van der Waals surface area contributed by atoms with Gasteiger partial charge in [-0.2, -0.15) is 0 Å². The second kappa shape index (κ2) is 4.42. The molecule has 0 aromatic carbocycles. The minimum Gasteiger partial charge on any atom is -0.315 e. The molecule has 0 saturated heterocycles. The number of nitrogens with one attached hydrogen (secondary N) is 1. The van der Waals surface area contributed by atoms with Crippen molar-refractivity contribution in [2.75, 3.05) is 25.1 Å². The topological polar surface area (TPSA) is 46.2 Å². The summed E-state index contributed by atoms with van der Waals surface area (Å²) >= 11 is 0. The van der Waals surface area contributed by atoms with Crippen LogP contribution in [0.2, 0.25) is 0 Å². The highest BCUT2D eigenvalue weighted by atomic mass is 32.2. The summed E-state index contributed by atoms with van der Waals surface area (Å²) in [4.78, 5) is 0. The number of hydrogen-bond acceptors (Lipinski definition) is 3. The highest BCUT2D eigenvalue weighted by molar-refractivity contribution is 7.90. The van der Waals surface area contributed by atoms with E-state index in [1.807, 2.05) is 0 Å². The standard InChI is InChI=1S/C11H21NO2S/c1-15(13,14)7-6-12-8-11(9-2-3-9)10-4-5-10/h9-12H,2-8H2,1H3. The SMILES string of the molecule is CS(=O)(=O)CCNCC(C1CC1)C1CC1. The van der Waals surface area contributed by atoms with Crippen LogP contribution >= 0.6 is 0 Å². The summed E-state index contributed by atoms with van der Waals surface area (Å²) in [6.07, 6.45) is 6.89. The quantitative estimate of drug-likeness (QED) is 0.666. The smallest absolute Gasteiger partial charge is 0.148 e. The number of sulfone groups is 1. The highest BCUT2D eigenvalue weighted by Crippen LogP contribution is 2.48. The monoisotopic (exact) mass is 231 g/mol. The van der Waals surface area contributed by atoms with Crippen LogP contribution in [0.25, 0.3) is 0 Å². The molecule has 2 rings (SSSR count). The fourth-order valence-corrected chi connectivity index (χ4v) is 2.81. The maximum Gasteiger partial charge on any atom is 0.148 e. The molecule has 88 valence electrons. The fourth-order valence-electron chi connectivity index (χ4n) is 2.29. The Morgan fingerprint density at radius 2 is 1.73 bits per heavy atom. The molecule has 2 saturated carbocycles. The van der Waals surface area contributed by atoms with Gasteiger partial charge in [0.05, 0.1) is 5.75 Å². The molecule has 0 atom stereocenters. The van der Waals surface area contributed by atoms with Gasteiger partial charge in [-0.05, 0) is 50.0 Å². The minimum atomic E-state index is -2.79. The summed E-state index contributed by atoms with van der Waals surface area (Å²) in [6.45, 7) is 1.65. The van der Waals surface area contributed by atoms with Crippen molar-refractivity contribution in [2.45, 2.75) is 25.7 Å². The van der Waals surface area contributed by atoms with Crippen LogP contribution in [0.5, 0.6) is 0 Å². The molecule has 0 aromatic rings. The van der Waals surface area contributed by atoms with E-state index in [1.165, 1.54) is 31.9 Å². The zero-order valence-electron chi connectivity index (χ0n) is 9.41. The first-order valence-corrected chi connectivity index (χ1v) is 8.01. The second-order valence-corrected chi connectivity index (χ2v) is 7.43. The first-order chi connectivity index (χ1) is 7.06. The highest BCUT2D eigenvalue weighted by Gasteiger charge is 2.40. The zero-order chi connectivity index (χ0) is 10.9. The van der Waals surface area contributed by atoms with E-state index in [-0.39, 0.29) is 5.75 Å².